The molecule has 26 heavy (non-hydrogen) atoms. The Bertz CT molecular complexity index is 881. The van der Waals surface area contributed by atoms with E-state index < -0.39 is 15.9 Å². The molecule has 0 aliphatic heterocycles. The van der Waals surface area contributed by atoms with Gasteiger partial charge in [0.05, 0.1) is 4.90 Å². The maximum Gasteiger partial charge on any atom is 0.265 e. The minimum absolute atomic E-state index is 0.0478. The lowest BCUT2D eigenvalue weighted by atomic mass is 9.87. The van der Waals surface area contributed by atoms with Crippen LogP contribution in [0.3, 0.4) is 0 Å². The van der Waals surface area contributed by atoms with Gasteiger partial charge in [0.2, 0.25) is 0 Å². The lowest BCUT2D eigenvalue weighted by molar-refractivity contribution is -0.122. The van der Waals surface area contributed by atoms with Gasteiger partial charge >= 0.3 is 0 Å². The standard InChI is InChI=1S/C20H25NO4S/c1-14(25-17-11-9-15(10-12-17)20(2,3)4)19(22)21-16-7-6-8-18(13-16)26(5,23)24/h6-14H,1-5H3,(H,21,22). The first kappa shape index (κ1) is 20.0. The molecule has 2 aromatic carbocycles. The quantitative estimate of drug-likeness (QED) is 0.863. The topological polar surface area (TPSA) is 72.5 Å². The molecule has 0 heterocycles. The van der Waals surface area contributed by atoms with E-state index in [4.69, 9.17) is 4.74 Å². The van der Waals surface area contributed by atoms with E-state index in [0.717, 1.165) is 6.26 Å². The fraction of sp³-hybridized carbons (Fsp3) is 0.350. The van der Waals surface area contributed by atoms with Gasteiger partial charge in [-0.15, -0.1) is 0 Å². The minimum atomic E-state index is -3.33. The zero-order valence-electron chi connectivity index (χ0n) is 15.7. The van der Waals surface area contributed by atoms with Gasteiger partial charge in [0.15, 0.2) is 15.9 Å². The van der Waals surface area contributed by atoms with Gasteiger partial charge in [0.1, 0.15) is 5.75 Å². The number of sulfone groups is 1. The molecule has 5 nitrogen and oxygen atoms in total. The molecule has 0 aliphatic carbocycles. The predicted molar refractivity (Wildman–Crippen MR) is 103 cm³/mol. The maximum atomic E-state index is 12.3. The van der Waals surface area contributed by atoms with Gasteiger partial charge in [-0.25, -0.2) is 8.42 Å². The van der Waals surface area contributed by atoms with Gasteiger partial charge in [0.25, 0.3) is 5.91 Å². The number of benzene rings is 2. The third-order valence-corrected chi connectivity index (χ3v) is 5.04. The summed E-state index contributed by atoms with van der Waals surface area (Å²) in [5.41, 5.74) is 1.64. The van der Waals surface area contributed by atoms with E-state index in [0.29, 0.717) is 11.4 Å². The Kier molecular flexibility index (Phi) is 5.76. The van der Waals surface area contributed by atoms with Crippen molar-refractivity contribution in [2.24, 2.45) is 0 Å². The molecule has 6 heteroatoms. The van der Waals surface area contributed by atoms with Crippen molar-refractivity contribution in [3.63, 3.8) is 0 Å². The second kappa shape index (κ2) is 7.50. The van der Waals surface area contributed by atoms with Crippen molar-refractivity contribution in [2.75, 3.05) is 11.6 Å². The van der Waals surface area contributed by atoms with E-state index in [1.807, 2.05) is 24.3 Å². The summed E-state index contributed by atoms with van der Waals surface area (Å²) in [6, 6.07) is 13.8. The summed E-state index contributed by atoms with van der Waals surface area (Å²) in [6.45, 7) is 8.03. The van der Waals surface area contributed by atoms with Gasteiger partial charge < -0.3 is 10.1 Å². The Morgan fingerprint density at radius 2 is 1.69 bits per heavy atom. The Balaban J connectivity index is 2.04. The molecule has 2 aromatic rings. The first-order valence-electron chi connectivity index (χ1n) is 8.35. The molecule has 0 aliphatic rings. The third-order valence-electron chi connectivity index (χ3n) is 3.93. The fourth-order valence-electron chi connectivity index (χ4n) is 2.34. The largest absolute Gasteiger partial charge is 0.481 e. The highest BCUT2D eigenvalue weighted by atomic mass is 32.2. The molecule has 0 saturated carbocycles. The van der Waals surface area contributed by atoms with Crippen LogP contribution in [0.4, 0.5) is 5.69 Å². The van der Waals surface area contributed by atoms with Crippen molar-refractivity contribution in [1.82, 2.24) is 0 Å². The van der Waals surface area contributed by atoms with Crippen LogP contribution in [-0.2, 0) is 20.0 Å². The number of hydrogen-bond donors (Lipinski definition) is 1. The third kappa shape index (κ3) is 5.33. The SMILES string of the molecule is CC(Oc1ccc(C(C)(C)C)cc1)C(=O)Nc1cccc(S(C)(=O)=O)c1. The molecule has 1 atom stereocenters. The van der Waals surface area contributed by atoms with E-state index >= 15 is 0 Å². The number of rotatable bonds is 5. The minimum Gasteiger partial charge on any atom is -0.481 e. The lowest BCUT2D eigenvalue weighted by Crippen LogP contribution is -2.30. The monoisotopic (exact) mass is 375 g/mol. The number of hydrogen-bond acceptors (Lipinski definition) is 4. The number of ether oxygens (including phenoxy) is 1. The molecule has 2 rings (SSSR count). The van der Waals surface area contributed by atoms with Gasteiger partial charge in [-0.05, 0) is 48.2 Å². The summed E-state index contributed by atoms with van der Waals surface area (Å²) < 4.78 is 28.9. The predicted octanol–water partition coefficient (Wildman–Crippen LogP) is 3.79. The molecule has 0 bridgehead atoms. The van der Waals surface area contributed by atoms with E-state index in [2.05, 4.69) is 26.1 Å². The highest BCUT2D eigenvalue weighted by molar-refractivity contribution is 7.90. The molecule has 0 fully saturated rings. The Morgan fingerprint density at radius 3 is 2.23 bits per heavy atom. The summed E-state index contributed by atoms with van der Waals surface area (Å²) in [5.74, 6) is 0.251. The summed E-state index contributed by atoms with van der Waals surface area (Å²) in [7, 11) is -3.33. The van der Waals surface area contributed by atoms with Crippen molar-refractivity contribution >= 4 is 21.4 Å². The van der Waals surface area contributed by atoms with Crippen LogP contribution in [0.1, 0.15) is 33.3 Å². The number of nitrogens with one attached hydrogen (secondary N) is 1. The number of carbonyl (C=O) groups is 1. The Labute approximate surface area is 155 Å². The highest BCUT2D eigenvalue weighted by Gasteiger charge is 2.17. The van der Waals surface area contributed by atoms with E-state index in [1.165, 1.54) is 17.7 Å². The van der Waals surface area contributed by atoms with Crippen LogP contribution < -0.4 is 10.1 Å². The van der Waals surface area contributed by atoms with Gasteiger partial charge in [-0.1, -0.05) is 39.0 Å². The Morgan fingerprint density at radius 1 is 1.08 bits per heavy atom. The number of carbonyl (C=O) groups excluding carboxylic acids is 1. The van der Waals surface area contributed by atoms with Crippen molar-refractivity contribution in [1.29, 1.82) is 0 Å². The van der Waals surface area contributed by atoms with E-state index in [9.17, 15) is 13.2 Å². The average Bonchev–Trinajstić information content (AvgIpc) is 2.54. The van der Waals surface area contributed by atoms with Crippen LogP contribution in [0.2, 0.25) is 0 Å². The lowest BCUT2D eigenvalue weighted by Gasteiger charge is -2.20. The van der Waals surface area contributed by atoms with Crippen LogP contribution in [0.5, 0.6) is 5.75 Å². The van der Waals surface area contributed by atoms with E-state index in [1.54, 1.807) is 19.1 Å². The number of anilines is 1. The summed E-state index contributed by atoms with van der Waals surface area (Å²) in [5, 5.41) is 2.68. The fourth-order valence-corrected chi connectivity index (χ4v) is 3.01. The molecule has 0 spiro atoms. The first-order valence-corrected chi connectivity index (χ1v) is 10.2. The van der Waals surface area contributed by atoms with E-state index in [-0.39, 0.29) is 16.2 Å². The second-order valence-corrected chi connectivity index (χ2v) is 9.34. The smallest absolute Gasteiger partial charge is 0.265 e. The summed E-state index contributed by atoms with van der Waals surface area (Å²) in [4.78, 5) is 12.5. The van der Waals surface area contributed by atoms with Crippen molar-refractivity contribution in [3.8, 4) is 5.75 Å². The molecule has 0 aromatic heterocycles. The van der Waals surface area contributed by atoms with Crippen LogP contribution in [0.15, 0.2) is 53.4 Å². The average molecular weight is 375 g/mol. The molecule has 1 N–H and O–H groups in total. The van der Waals surface area contributed by atoms with Gasteiger partial charge in [-0.3, -0.25) is 4.79 Å². The van der Waals surface area contributed by atoms with Crippen LogP contribution >= 0.6 is 0 Å². The normalized spacial score (nSPS) is 13.1. The Hall–Kier alpha value is -2.34. The summed E-state index contributed by atoms with van der Waals surface area (Å²) in [6.07, 6.45) is 0.401. The molecule has 0 radical (unpaired) electrons. The zero-order chi connectivity index (χ0) is 19.5. The second-order valence-electron chi connectivity index (χ2n) is 7.32. The first-order chi connectivity index (χ1) is 12.0. The highest BCUT2D eigenvalue weighted by Crippen LogP contribution is 2.25. The molecule has 0 saturated heterocycles. The van der Waals surface area contributed by atoms with Crippen LogP contribution in [0.25, 0.3) is 0 Å². The summed E-state index contributed by atoms with van der Waals surface area (Å²) >= 11 is 0. The van der Waals surface area contributed by atoms with Crippen molar-refractivity contribution in [2.45, 2.75) is 44.1 Å². The number of amides is 1. The van der Waals surface area contributed by atoms with Gasteiger partial charge in [-0.2, -0.15) is 0 Å². The van der Waals surface area contributed by atoms with Crippen LogP contribution in [0, 0.1) is 0 Å². The molecule has 140 valence electrons. The maximum absolute atomic E-state index is 12.3. The van der Waals surface area contributed by atoms with Crippen molar-refractivity contribution < 1.29 is 17.9 Å². The molecule has 1 unspecified atom stereocenters. The molecule has 1 amide bonds. The van der Waals surface area contributed by atoms with Crippen molar-refractivity contribution in [3.05, 3.63) is 54.1 Å². The molecular weight excluding hydrogens is 350 g/mol. The molecular formula is C20H25NO4S. The van der Waals surface area contributed by atoms with Gasteiger partial charge in [0, 0.05) is 11.9 Å². The van der Waals surface area contributed by atoms with Crippen LogP contribution in [-0.4, -0.2) is 26.7 Å². The zero-order valence-corrected chi connectivity index (χ0v) is 16.6.